The maximum atomic E-state index is 12.6. The molecule has 1 heterocycles. The van der Waals surface area contributed by atoms with Crippen LogP contribution in [0.15, 0.2) is 64.1 Å². The van der Waals surface area contributed by atoms with Crippen molar-refractivity contribution in [2.24, 2.45) is 4.99 Å². The highest BCUT2D eigenvalue weighted by atomic mass is 127. The zero-order valence-corrected chi connectivity index (χ0v) is 21.2. The minimum Gasteiger partial charge on any atom is -0.301 e. The Morgan fingerprint density at radius 1 is 1.18 bits per heavy atom. The molecular formula is C22H26BrIN2OS. The Balaban J connectivity index is 0.00000136. The van der Waals surface area contributed by atoms with Gasteiger partial charge in [0.25, 0.3) is 5.91 Å². The van der Waals surface area contributed by atoms with E-state index in [1.54, 1.807) is 11.8 Å². The topological polar surface area (TPSA) is 41.5 Å². The molecule has 1 aliphatic heterocycles. The first-order valence-electron chi connectivity index (χ1n) is 9.31. The molecule has 1 aliphatic rings. The van der Waals surface area contributed by atoms with Crippen LogP contribution in [0.25, 0.3) is 0 Å². The molecule has 2 atom stereocenters. The zero-order valence-electron chi connectivity index (χ0n) is 16.6. The maximum Gasteiger partial charge on any atom is 0.257 e. The molecule has 0 spiro atoms. The summed E-state index contributed by atoms with van der Waals surface area (Å²) in [4.78, 5) is 17.6. The Hall–Kier alpha value is -0.860. The number of hydrogen-bond acceptors (Lipinski definition) is 3. The third kappa shape index (κ3) is 5.83. The van der Waals surface area contributed by atoms with Crippen molar-refractivity contribution in [3.63, 3.8) is 0 Å². The van der Waals surface area contributed by atoms with Crippen LogP contribution < -0.4 is 5.32 Å². The second-order valence-corrected chi connectivity index (χ2v) is 10.1. The molecule has 1 amide bonds. The monoisotopic (exact) mass is 572 g/mol. The number of hydrogen-bond donors (Lipinski definition) is 1. The Labute approximate surface area is 194 Å². The molecule has 0 saturated carbocycles. The molecule has 28 heavy (non-hydrogen) atoms. The molecule has 2 aromatic carbocycles. The van der Waals surface area contributed by atoms with E-state index in [4.69, 9.17) is 4.99 Å². The van der Waals surface area contributed by atoms with E-state index in [0.29, 0.717) is 10.7 Å². The number of carbonyl (C=O) groups excluding carboxylic acids is 1. The molecule has 0 saturated heterocycles. The van der Waals surface area contributed by atoms with Crippen molar-refractivity contribution < 1.29 is 4.79 Å². The Morgan fingerprint density at radius 2 is 1.86 bits per heavy atom. The number of benzene rings is 2. The SMILES string of the molecule is CC.CC1(CI)C[C@@](C)(c2cccc(Br)c2)N=C(NC(=O)c2ccccc2)S1. The first kappa shape index (κ1) is 23.4. The van der Waals surface area contributed by atoms with Crippen molar-refractivity contribution in [1.29, 1.82) is 0 Å². The minimum absolute atomic E-state index is 0.00131. The summed E-state index contributed by atoms with van der Waals surface area (Å²) in [5.41, 5.74) is 1.41. The zero-order chi connectivity index (χ0) is 20.8. The highest BCUT2D eigenvalue weighted by Gasteiger charge is 2.42. The predicted molar refractivity (Wildman–Crippen MR) is 134 cm³/mol. The molecule has 6 heteroatoms. The third-order valence-corrected chi connectivity index (χ3v) is 8.26. The molecule has 2 aromatic rings. The van der Waals surface area contributed by atoms with Crippen LogP contribution in [0.5, 0.6) is 0 Å². The van der Waals surface area contributed by atoms with Gasteiger partial charge in [0.05, 0.1) is 5.54 Å². The summed E-state index contributed by atoms with van der Waals surface area (Å²) in [5, 5.41) is 3.71. The number of rotatable bonds is 3. The fourth-order valence-electron chi connectivity index (χ4n) is 3.16. The van der Waals surface area contributed by atoms with Crippen LogP contribution in [-0.4, -0.2) is 20.2 Å². The van der Waals surface area contributed by atoms with Gasteiger partial charge in [-0.2, -0.15) is 0 Å². The Morgan fingerprint density at radius 3 is 2.46 bits per heavy atom. The van der Waals surface area contributed by atoms with Gasteiger partial charge in [-0.3, -0.25) is 9.79 Å². The van der Waals surface area contributed by atoms with Gasteiger partial charge in [0.2, 0.25) is 0 Å². The average molecular weight is 573 g/mol. The Bertz CT molecular complexity index is 845. The van der Waals surface area contributed by atoms with Crippen molar-refractivity contribution in [1.82, 2.24) is 5.32 Å². The summed E-state index contributed by atoms with van der Waals surface area (Å²) >= 11 is 7.64. The van der Waals surface area contributed by atoms with E-state index in [9.17, 15) is 4.79 Å². The molecule has 150 valence electrons. The van der Waals surface area contributed by atoms with E-state index < -0.39 is 0 Å². The quantitative estimate of drug-likeness (QED) is 0.324. The minimum atomic E-state index is -0.381. The van der Waals surface area contributed by atoms with Crippen molar-refractivity contribution in [2.75, 3.05) is 4.43 Å². The number of alkyl halides is 1. The summed E-state index contributed by atoms with van der Waals surface area (Å²) in [5.74, 6) is -0.119. The van der Waals surface area contributed by atoms with Gasteiger partial charge in [0.1, 0.15) is 0 Å². The van der Waals surface area contributed by atoms with Crippen LogP contribution in [-0.2, 0) is 5.54 Å². The van der Waals surface area contributed by atoms with Gasteiger partial charge in [-0.15, -0.1) is 0 Å². The van der Waals surface area contributed by atoms with E-state index >= 15 is 0 Å². The number of thioether (sulfide) groups is 1. The number of amides is 1. The van der Waals surface area contributed by atoms with Gasteiger partial charge in [-0.05, 0) is 50.1 Å². The van der Waals surface area contributed by atoms with Crippen LogP contribution in [0, 0.1) is 0 Å². The van der Waals surface area contributed by atoms with Gasteiger partial charge in [0, 0.05) is 19.2 Å². The summed E-state index contributed by atoms with van der Waals surface area (Å²) < 4.78 is 2.01. The molecule has 3 nitrogen and oxygen atoms in total. The second kappa shape index (κ2) is 10.3. The summed E-state index contributed by atoms with van der Waals surface area (Å²) in [6.07, 6.45) is 0.911. The number of amidine groups is 1. The molecule has 0 fully saturated rings. The van der Waals surface area contributed by atoms with Gasteiger partial charge in [-0.25, -0.2) is 0 Å². The first-order valence-corrected chi connectivity index (χ1v) is 12.4. The van der Waals surface area contributed by atoms with Crippen LogP contribution in [0.2, 0.25) is 0 Å². The first-order chi connectivity index (χ1) is 13.3. The van der Waals surface area contributed by atoms with Crippen LogP contribution >= 0.6 is 50.3 Å². The van der Waals surface area contributed by atoms with Gasteiger partial charge < -0.3 is 5.32 Å². The number of nitrogens with one attached hydrogen (secondary N) is 1. The van der Waals surface area contributed by atoms with Crippen molar-refractivity contribution in [3.8, 4) is 0 Å². The van der Waals surface area contributed by atoms with Crippen LogP contribution in [0.3, 0.4) is 0 Å². The van der Waals surface area contributed by atoms with E-state index in [1.807, 2.05) is 56.3 Å². The van der Waals surface area contributed by atoms with E-state index in [2.05, 4.69) is 69.8 Å². The fourth-order valence-corrected chi connectivity index (χ4v) is 5.56. The van der Waals surface area contributed by atoms with Crippen LogP contribution in [0.4, 0.5) is 0 Å². The smallest absolute Gasteiger partial charge is 0.257 e. The highest BCUT2D eigenvalue weighted by molar-refractivity contribution is 14.1. The summed E-state index contributed by atoms with van der Waals surface area (Å²) in [7, 11) is 0. The van der Waals surface area contributed by atoms with Crippen molar-refractivity contribution in [3.05, 3.63) is 70.2 Å². The van der Waals surface area contributed by atoms with E-state index in [1.165, 1.54) is 0 Å². The largest absolute Gasteiger partial charge is 0.301 e. The third-order valence-electron chi connectivity index (χ3n) is 4.40. The number of aliphatic imine (C=N–C) groups is 1. The fraction of sp³-hybridized carbons (Fsp3) is 0.364. The normalized spacial score (nSPS) is 23.9. The van der Waals surface area contributed by atoms with Crippen molar-refractivity contribution >= 4 is 61.4 Å². The van der Waals surface area contributed by atoms with Crippen molar-refractivity contribution in [2.45, 2.75) is 44.4 Å². The average Bonchev–Trinajstić information content (AvgIpc) is 2.69. The lowest BCUT2D eigenvalue weighted by Crippen LogP contribution is -2.44. The lowest BCUT2D eigenvalue weighted by Gasteiger charge is -2.41. The molecule has 0 radical (unpaired) electrons. The maximum absolute atomic E-state index is 12.6. The summed E-state index contributed by atoms with van der Waals surface area (Å²) in [6.45, 7) is 8.39. The van der Waals surface area contributed by atoms with Gasteiger partial charge in [0.15, 0.2) is 5.17 Å². The van der Waals surface area contributed by atoms with E-state index in [-0.39, 0.29) is 16.2 Å². The number of halogens is 2. The molecule has 1 N–H and O–H groups in total. The second-order valence-electron chi connectivity index (χ2n) is 6.88. The molecule has 0 aliphatic carbocycles. The van der Waals surface area contributed by atoms with Gasteiger partial charge >= 0.3 is 0 Å². The van der Waals surface area contributed by atoms with E-state index in [0.717, 1.165) is 20.9 Å². The number of nitrogens with zero attached hydrogens (tertiary/aromatic N) is 1. The summed E-state index contributed by atoms with van der Waals surface area (Å²) in [6, 6.07) is 17.5. The molecule has 0 bridgehead atoms. The lowest BCUT2D eigenvalue weighted by atomic mass is 9.84. The Kier molecular flexibility index (Phi) is 8.58. The lowest BCUT2D eigenvalue weighted by molar-refractivity contribution is 0.0977. The molecule has 3 rings (SSSR count). The standard InChI is InChI=1S/C20H20BrIN2OS.C2H6/c1-19(13-22)12-20(2,15-9-6-10-16(21)11-15)24-18(26-19)23-17(25)14-7-4-3-5-8-14;1-2/h3-11H,12-13H2,1-2H3,(H,23,24,25);1-2H3/t19?,20-;/m0./s1. The molecular weight excluding hydrogens is 547 g/mol. The number of carbonyl (C=O) groups is 1. The highest BCUT2D eigenvalue weighted by Crippen LogP contribution is 2.46. The predicted octanol–water partition coefficient (Wildman–Crippen LogP) is 6.81. The molecule has 1 unspecified atom stereocenters. The van der Waals surface area contributed by atoms with Crippen LogP contribution in [0.1, 0.15) is 50.0 Å². The van der Waals surface area contributed by atoms with Gasteiger partial charge in [-0.1, -0.05) is 94.5 Å². The molecule has 0 aromatic heterocycles.